The van der Waals surface area contributed by atoms with E-state index in [1.807, 2.05) is 47.2 Å². The number of aromatic nitrogens is 3. The molecule has 2 aromatic heterocycles. The molecule has 0 atom stereocenters. The third-order valence-corrected chi connectivity index (χ3v) is 6.73. The Balaban J connectivity index is 1.38. The zero-order valence-electron chi connectivity index (χ0n) is 16.5. The summed E-state index contributed by atoms with van der Waals surface area (Å²) in [7, 11) is -4.46. The molecule has 7 nitrogen and oxygen atoms in total. The lowest BCUT2D eigenvalue weighted by atomic mass is 10.1. The van der Waals surface area contributed by atoms with E-state index in [2.05, 4.69) is 21.2 Å². The van der Waals surface area contributed by atoms with E-state index in [-0.39, 0.29) is 18.9 Å². The predicted octanol–water partition coefficient (Wildman–Crippen LogP) is 3.96. The number of hydrogen-bond donors (Lipinski definition) is 1. The number of nitrogens with one attached hydrogen (secondary N) is 1. The summed E-state index contributed by atoms with van der Waals surface area (Å²) in [5, 5.41) is 8.50. The van der Waals surface area contributed by atoms with Crippen LogP contribution in [-0.4, -0.2) is 42.1 Å². The fraction of sp³-hybridized carbons (Fsp3) is 0.250. The molecule has 2 heterocycles. The van der Waals surface area contributed by atoms with Crippen LogP contribution in [0.15, 0.2) is 52.9 Å². The van der Waals surface area contributed by atoms with Crippen molar-refractivity contribution in [3.05, 3.63) is 65.3 Å². The first-order valence-corrected chi connectivity index (χ1v) is 11.9. The van der Waals surface area contributed by atoms with Crippen molar-refractivity contribution in [2.45, 2.75) is 19.0 Å². The van der Waals surface area contributed by atoms with E-state index < -0.39 is 22.0 Å². The van der Waals surface area contributed by atoms with Crippen LogP contribution in [0.2, 0.25) is 0 Å². The van der Waals surface area contributed by atoms with Crippen LogP contribution in [0, 0.1) is 0 Å². The van der Waals surface area contributed by atoms with E-state index in [0.717, 1.165) is 26.4 Å². The zero-order chi connectivity index (χ0) is 22.8. The van der Waals surface area contributed by atoms with Crippen molar-refractivity contribution >= 4 is 31.6 Å². The van der Waals surface area contributed by atoms with Gasteiger partial charge in [0.25, 0.3) is 0 Å². The Kier molecular flexibility index (Phi) is 6.26. The number of alkyl halides is 3. The second kappa shape index (κ2) is 8.96. The Labute approximate surface area is 185 Å². The van der Waals surface area contributed by atoms with Crippen molar-refractivity contribution in [2.24, 2.45) is 0 Å². The Bertz CT molecular complexity index is 1320. The van der Waals surface area contributed by atoms with E-state index in [1.165, 1.54) is 11.3 Å². The normalized spacial score (nSPS) is 12.5. The number of nitrogens with zero attached hydrogens (tertiary/aromatic N) is 3. The van der Waals surface area contributed by atoms with Crippen LogP contribution < -0.4 is 4.72 Å². The molecule has 0 radical (unpaired) electrons. The average Bonchev–Trinajstić information content (AvgIpc) is 3.32. The molecule has 0 bridgehead atoms. The molecule has 1 N–H and O–H groups in total. The first-order valence-electron chi connectivity index (χ1n) is 9.47. The molecule has 2 aromatic carbocycles. The Morgan fingerprint density at radius 1 is 1.00 bits per heavy atom. The third-order valence-electron chi connectivity index (χ3n) is 4.37. The van der Waals surface area contributed by atoms with Gasteiger partial charge >= 0.3 is 6.18 Å². The standard InChI is InChI=1S/C20H17F3N4O3S2/c21-20(22,23)12-32(28,29)24-9-8-17-26-27-18(30-17)11-19-25-15-7-6-14(10-16(15)31-19)13-4-2-1-3-5-13/h1-7,10,24H,8-9,11-12H2. The third kappa shape index (κ3) is 5.90. The van der Waals surface area contributed by atoms with Gasteiger partial charge in [-0.05, 0) is 23.3 Å². The molecular formula is C20H17F3N4O3S2. The number of benzene rings is 2. The highest BCUT2D eigenvalue weighted by Crippen LogP contribution is 2.29. The van der Waals surface area contributed by atoms with Crippen molar-refractivity contribution in [2.75, 3.05) is 12.3 Å². The maximum Gasteiger partial charge on any atom is 0.404 e. The van der Waals surface area contributed by atoms with Crippen molar-refractivity contribution in [3.8, 4) is 11.1 Å². The number of sulfonamides is 1. The molecule has 0 spiro atoms. The highest BCUT2D eigenvalue weighted by Gasteiger charge is 2.34. The maximum absolute atomic E-state index is 12.2. The molecule has 0 aliphatic carbocycles. The van der Waals surface area contributed by atoms with Gasteiger partial charge in [-0.15, -0.1) is 21.5 Å². The van der Waals surface area contributed by atoms with E-state index in [9.17, 15) is 21.6 Å². The van der Waals surface area contributed by atoms with Gasteiger partial charge in [0.05, 0.1) is 16.6 Å². The summed E-state index contributed by atoms with van der Waals surface area (Å²) in [6.07, 6.45) is -4.53. The molecule has 12 heteroatoms. The fourth-order valence-corrected chi connectivity index (χ4v) is 4.97. The van der Waals surface area contributed by atoms with Crippen molar-refractivity contribution < 1.29 is 26.0 Å². The lowest BCUT2D eigenvalue weighted by Crippen LogP contribution is -2.34. The molecule has 0 saturated heterocycles. The summed E-state index contributed by atoms with van der Waals surface area (Å²) in [5.74, 6) is -1.51. The largest absolute Gasteiger partial charge is 0.425 e. The maximum atomic E-state index is 12.2. The van der Waals surface area contributed by atoms with Gasteiger partial charge in [-0.2, -0.15) is 13.2 Å². The predicted molar refractivity (Wildman–Crippen MR) is 114 cm³/mol. The van der Waals surface area contributed by atoms with Gasteiger partial charge in [0.15, 0.2) is 5.75 Å². The van der Waals surface area contributed by atoms with Crippen molar-refractivity contribution in [1.82, 2.24) is 19.9 Å². The highest BCUT2D eigenvalue weighted by atomic mass is 32.2. The number of fused-ring (bicyclic) bond motifs is 1. The van der Waals surface area contributed by atoms with Gasteiger partial charge in [0.1, 0.15) is 5.01 Å². The number of rotatable bonds is 8. The average molecular weight is 483 g/mol. The number of halogens is 3. The van der Waals surface area contributed by atoms with Crippen LogP contribution >= 0.6 is 11.3 Å². The monoisotopic (exact) mass is 482 g/mol. The van der Waals surface area contributed by atoms with Gasteiger partial charge in [-0.3, -0.25) is 0 Å². The quantitative estimate of drug-likeness (QED) is 0.408. The lowest BCUT2D eigenvalue weighted by Gasteiger charge is -2.07. The van der Waals surface area contributed by atoms with Crippen LogP contribution in [0.5, 0.6) is 0 Å². The first kappa shape index (κ1) is 22.4. The first-order chi connectivity index (χ1) is 15.2. The van der Waals surface area contributed by atoms with Crippen LogP contribution in [-0.2, 0) is 22.9 Å². The Morgan fingerprint density at radius 3 is 2.50 bits per heavy atom. The fourth-order valence-electron chi connectivity index (χ4n) is 3.03. The minimum absolute atomic E-state index is 0.0234. The molecule has 4 aromatic rings. The van der Waals surface area contributed by atoms with E-state index >= 15 is 0 Å². The summed E-state index contributed by atoms with van der Waals surface area (Å²) in [6.45, 7) is -0.274. The Morgan fingerprint density at radius 2 is 1.75 bits per heavy atom. The molecular weight excluding hydrogens is 465 g/mol. The summed E-state index contributed by atoms with van der Waals surface area (Å²) in [4.78, 5) is 4.57. The zero-order valence-corrected chi connectivity index (χ0v) is 18.1. The molecule has 0 unspecified atom stereocenters. The van der Waals surface area contributed by atoms with Crippen molar-refractivity contribution in [3.63, 3.8) is 0 Å². The SMILES string of the molecule is O=S(=O)(CC(F)(F)F)NCCc1nnc(Cc2nc3ccc(-c4ccccc4)cc3s2)o1. The summed E-state index contributed by atoms with van der Waals surface area (Å²) in [6, 6.07) is 16.0. The highest BCUT2D eigenvalue weighted by molar-refractivity contribution is 7.89. The number of hydrogen-bond acceptors (Lipinski definition) is 7. The molecule has 0 amide bonds. The molecule has 0 aliphatic heterocycles. The summed E-state index contributed by atoms with van der Waals surface area (Å²) in [5.41, 5.74) is 3.04. The van der Waals surface area contributed by atoms with Gasteiger partial charge in [-0.25, -0.2) is 18.1 Å². The van der Waals surface area contributed by atoms with Crippen molar-refractivity contribution in [1.29, 1.82) is 0 Å². The van der Waals surface area contributed by atoms with Crippen LogP contribution in [0.25, 0.3) is 21.3 Å². The Hall–Kier alpha value is -2.83. The minimum atomic E-state index is -4.80. The van der Waals surface area contributed by atoms with Crippen LogP contribution in [0.3, 0.4) is 0 Å². The number of thiazole rings is 1. The lowest BCUT2D eigenvalue weighted by molar-refractivity contribution is -0.106. The second-order valence-electron chi connectivity index (χ2n) is 6.94. The van der Waals surface area contributed by atoms with Crippen LogP contribution in [0.4, 0.5) is 13.2 Å². The van der Waals surface area contributed by atoms with E-state index in [0.29, 0.717) is 12.3 Å². The summed E-state index contributed by atoms with van der Waals surface area (Å²) < 4.78 is 67.8. The molecule has 32 heavy (non-hydrogen) atoms. The van der Waals surface area contributed by atoms with Gasteiger partial charge in [0.2, 0.25) is 21.8 Å². The molecule has 0 fully saturated rings. The van der Waals surface area contributed by atoms with Gasteiger partial charge < -0.3 is 4.42 Å². The smallest absolute Gasteiger partial charge is 0.404 e. The molecule has 168 valence electrons. The van der Waals surface area contributed by atoms with E-state index in [4.69, 9.17) is 4.42 Å². The topological polar surface area (TPSA) is 98.0 Å². The van der Waals surface area contributed by atoms with E-state index in [1.54, 1.807) is 0 Å². The van der Waals surface area contributed by atoms with Gasteiger partial charge in [-0.1, -0.05) is 36.4 Å². The minimum Gasteiger partial charge on any atom is -0.425 e. The molecule has 0 saturated carbocycles. The van der Waals surface area contributed by atoms with Crippen LogP contribution in [0.1, 0.15) is 16.8 Å². The van der Waals surface area contributed by atoms with Gasteiger partial charge in [0, 0.05) is 13.0 Å². The second-order valence-corrected chi connectivity index (χ2v) is 9.86. The molecule has 0 aliphatic rings. The summed E-state index contributed by atoms with van der Waals surface area (Å²) >= 11 is 1.50. The molecule has 4 rings (SSSR count).